The van der Waals surface area contributed by atoms with E-state index in [1.165, 1.54) is 64.2 Å². The number of rotatable bonds is 7. The molecule has 0 aromatic carbocycles. The van der Waals surface area contributed by atoms with Crippen LogP contribution < -0.4 is 0 Å². The van der Waals surface area contributed by atoms with Gasteiger partial charge in [0.15, 0.2) is 0 Å². The van der Waals surface area contributed by atoms with Gasteiger partial charge in [-0.3, -0.25) is 0 Å². The van der Waals surface area contributed by atoms with Crippen molar-refractivity contribution < 1.29 is 4.74 Å². The Morgan fingerprint density at radius 3 is 2.31 bits per heavy atom. The number of hydrogen-bond donors (Lipinski definition) is 0. The summed E-state index contributed by atoms with van der Waals surface area (Å²) in [6, 6.07) is 0. The van der Waals surface area contributed by atoms with Crippen LogP contribution in [0.25, 0.3) is 0 Å². The van der Waals surface area contributed by atoms with Crippen molar-refractivity contribution >= 4 is 0 Å². The van der Waals surface area contributed by atoms with Crippen LogP contribution in [0.5, 0.6) is 0 Å². The molecule has 0 N–H and O–H groups in total. The van der Waals surface area contributed by atoms with Crippen molar-refractivity contribution in [3.8, 4) is 0 Å². The molecule has 1 atom stereocenters. The lowest BCUT2D eigenvalue weighted by molar-refractivity contribution is 0.172. The molecule has 1 saturated carbocycles. The first-order valence-corrected chi connectivity index (χ1v) is 7.37. The molecule has 1 fully saturated rings. The largest absolute Gasteiger partial charge is 0.385 e. The molecule has 0 radical (unpaired) electrons. The van der Waals surface area contributed by atoms with Gasteiger partial charge in [0.2, 0.25) is 0 Å². The lowest BCUT2D eigenvalue weighted by Gasteiger charge is -2.26. The van der Waals surface area contributed by atoms with Gasteiger partial charge in [0.25, 0.3) is 0 Å². The zero-order chi connectivity index (χ0) is 11.6. The van der Waals surface area contributed by atoms with Gasteiger partial charge in [-0.25, -0.2) is 0 Å². The summed E-state index contributed by atoms with van der Waals surface area (Å²) in [5.41, 5.74) is 0. The van der Waals surface area contributed by atoms with Crippen LogP contribution in [-0.2, 0) is 4.74 Å². The van der Waals surface area contributed by atoms with Gasteiger partial charge in [-0.05, 0) is 24.7 Å². The van der Waals surface area contributed by atoms with Crippen molar-refractivity contribution in [1.29, 1.82) is 0 Å². The number of hydrogen-bond acceptors (Lipinski definition) is 1. The van der Waals surface area contributed by atoms with E-state index in [-0.39, 0.29) is 0 Å². The van der Waals surface area contributed by atoms with Crippen molar-refractivity contribution in [2.24, 2.45) is 11.8 Å². The first-order valence-electron chi connectivity index (χ1n) is 7.37. The minimum atomic E-state index is 0.951. The van der Waals surface area contributed by atoms with E-state index in [1.807, 2.05) is 7.11 Å². The third kappa shape index (κ3) is 5.34. The second-order valence-electron chi connectivity index (χ2n) is 5.44. The molecule has 0 bridgehead atoms. The van der Waals surface area contributed by atoms with Gasteiger partial charge in [0.05, 0.1) is 0 Å². The number of methoxy groups -OCH3 is 1. The quantitative estimate of drug-likeness (QED) is 0.447. The topological polar surface area (TPSA) is 9.23 Å². The van der Waals surface area contributed by atoms with Crippen LogP contribution in [0.15, 0.2) is 0 Å². The Morgan fingerprint density at radius 2 is 1.75 bits per heavy atom. The Bertz CT molecular complexity index is 148. The van der Waals surface area contributed by atoms with Crippen LogP contribution in [0.2, 0.25) is 0 Å². The molecule has 1 aliphatic rings. The molecule has 1 unspecified atom stereocenters. The first-order chi connectivity index (χ1) is 7.88. The summed E-state index contributed by atoms with van der Waals surface area (Å²) in [6.45, 7) is 3.28. The summed E-state index contributed by atoms with van der Waals surface area (Å²) in [5, 5.41) is 0. The van der Waals surface area contributed by atoms with Gasteiger partial charge in [-0.15, -0.1) is 0 Å². The first kappa shape index (κ1) is 14.0. The fourth-order valence-electron chi connectivity index (χ4n) is 3.26. The Labute approximate surface area is 102 Å². The van der Waals surface area contributed by atoms with Crippen LogP contribution in [0.3, 0.4) is 0 Å². The summed E-state index contributed by atoms with van der Waals surface area (Å²) >= 11 is 0. The molecule has 1 rings (SSSR count). The summed E-state index contributed by atoms with van der Waals surface area (Å²) in [4.78, 5) is 0. The molecule has 0 amide bonds. The monoisotopic (exact) mass is 226 g/mol. The Hall–Kier alpha value is -0.0400. The van der Waals surface area contributed by atoms with Crippen molar-refractivity contribution in [3.63, 3.8) is 0 Å². The molecular formula is C15H30O. The minimum Gasteiger partial charge on any atom is -0.385 e. The van der Waals surface area contributed by atoms with E-state index in [4.69, 9.17) is 4.74 Å². The van der Waals surface area contributed by atoms with E-state index in [0.717, 1.165) is 18.4 Å². The zero-order valence-electron chi connectivity index (χ0n) is 11.3. The molecule has 0 aliphatic heterocycles. The maximum absolute atomic E-state index is 5.18. The van der Waals surface area contributed by atoms with Crippen molar-refractivity contribution in [1.82, 2.24) is 0 Å². The molecule has 0 spiro atoms. The van der Waals surface area contributed by atoms with E-state index in [9.17, 15) is 0 Å². The molecule has 96 valence electrons. The third-order valence-electron chi connectivity index (χ3n) is 4.15. The van der Waals surface area contributed by atoms with Gasteiger partial charge in [0, 0.05) is 13.7 Å². The van der Waals surface area contributed by atoms with E-state index < -0.39 is 0 Å². The van der Waals surface area contributed by atoms with E-state index >= 15 is 0 Å². The zero-order valence-corrected chi connectivity index (χ0v) is 11.3. The van der Waals surface area contributed by atoms with Gasteiger partial charge in [-0.1, -0.05) is 58.3 Å². The van der Waals surface area contributed by atoms with Crippen molar-refractivity contribution in [2.45, 2.75) is 71.1 Å². The second-order valence-corrected chi connectivity index (χ2v) is 5.44. The molecule has 0 aromatic heterocycles. The predicted molar refractivity (Wildman–Crippen MR) is 70.7 cm³/mol. The highest BCUT2D eigenvalue weighted by Crippen LogP contribution is 2.34. The van der Waals surface area contributed by atoms with Gasteiger partial charge in [-0.2, -0.15) is 0 Å². The van der Waals surface area contributed by atoms with E-state index in [2.05, 4.69) is 6.92 Å². The lowest BCUT2D eigenvalue weighted by atomic mass is 9.80. The van der Waals surface area contributed by atoms with Crippen LogP contribution in [0.4, 0.5) is 0 Å². The molecule has 1 nitrogen and oxygen atoms in total. The SMILES string of the molecule is CCCC(CCCOC)C1CCCCCC1. The van der Waals surface area contributed by atoms with E-state index in [0.29, 0.717) is 0 Å². The fraction of sp³-hybridized carbons (Fsp3) is 1.00. The third-order valence-corrected chi connectivity index (χ3v) is 4.15. The molecule has 0 heterocycles. The summed E-state index contributed by atoms with van der Waals surface area (Å²) in [5.74, 6) is 2.01. The Morgan fingerprint density at radius 1 is 1.06 bits per heavy atom. The Balaban J connectivity index is 2.33. The average Bonchev–Trinajstić information content (AvgIpc) is 2.57. The molecule has 16 heavy (non-hydrogen) atoms. The van der Waals surface area contributed by atoms with Crippen LogP contribution in [0, 0.1) is 11.8 Å². The fourth-order valence-corrected chi connectivity index (χ4v) is 3.26. The summed E-state index contributed by atoms with van der Waals surface area (Å²) in [6.07, 6.45) is 14.4. The maximum atomic E-state index is 5.18. The lowest BCUT2D eigenvalue weighted by Crippen LogP contribution is -2.15. The summed E-state index contributed by atoms with van der Waals surface area (Å²) in [7, 11) is 1.82. The van der Waals surface area contributed by atoms with Crippen LogP contribution in [-0.4, -0.2) is 13.7 Å². The van der Waals surface area contributed by atoms with E-state index in [1.54, 1.807) is 0 Å². The minimum absolute atomic E-state index is 0.951. The highest BCUT2D eigenvalue weighted by Gasteiger charge is 2.21. The van der Waals surface area contributed by atoms with Gasteiger partial charge >= 0.3 is 0 Å². The molecule has 1 heteroatoms. The maximum Gasteiger partial charge on any atom is 0.0462 e. The van der Waals surface area contributed by atoms with Crippen molar-refractivity contribution in [2.75, 3.05) is 13.7 Å². The summed E-state index contributed by atoms with van der Waals surface area (Å²) < 4.78 is 5.18. The van der Waals surface area contributed by atoms with Crippen LogP contribution >= 0.6 is 0 Å². The molecule has 1 aliphatic carbocycles. The van der Waals surface area contributed by atoms with Gasteiger partial charge < -0.3 is 4.74 Å². The highest BCUT2D eigenvalue weighted by atomic mass is 16.5. The standard InChI is InChI=1S/C15H30O/c1-3-9-14(12-8-13-16-2)15-10-6-4-5-7-11-15/h14-15H,3-13H2,1-2H3. The second kappa shape index (κ2) is 9.04. The van der Waals surface area contributed by atoms with Gasteiger partial charge in [0.1, 0.15) is 0 Å². The normalized spacial score (nSPS) is 20.6. The molecular weight excluding hydrogens is 196 g/mol. The molecule has 0 aromatic rings. The van der Waals surface area contributed by atoms with Crippen molar-refractivity contribution in [3.05, 3.63) is 0 Å². The average molecular weight is 226 g/mol. The van der Waals surface area contributed by atoms with Crippen LogP contribution in [0.1, 0.15) is 71.1 Å². The highest BCUT2D eigenvalue weighted by molar-refractivity contribution is 4.73. The number of ether oxygens (including phenoxy) is 1. The predicted octanol–water partition coefficient (Wildman–Crippen LogP) is 4.80. The Kier molecular flexibility index (Phi) is 7.92. The molecule has 0 saturated heterocycles. The smallest absolute Gasteiger partial charge is 0.0462 e.